The third kappa shape index (κ3) is 4.10. The Bertz CT molecular complexity index is 1640. The lowest BCUT2D eigenvalue weighted by molar-refractivity contribution is -0.116. The van der Waals surface area contributed by atoms with Crippen LogP contribution < -0.4 is 14.8 Å². The number of ketones is 1. The molecule has 39 heavy (non-hydrogen) atoms. The number of benzene rings is 2. The Kier molecular flexibility index (Phi) is 6.23. The lowest BCUT2D eigenvalue weighted by Gasteiger charge is -2.36. The molecule has 0 saturated heterocycles. The number of carbonyl (C=O) groups excluding carboxylic acids is 1. The molecule has 8 nitrogen and oxygen atoms in total. The number of carboxylic acid groups (broad SMARTS) is 1. The van der Waals surface area contributed by atoms with Crippen molar-refractivity contribution in [2.75, 3.05) is 19.5 Å². The second kappa shape index (κ2) is 9.74. The fourth-order valence-corrected chi connectivity index (χ4v) is 6.62. The van der Waals surface area contributed by atoms with Crippen LogP contribution in [0, 0.1) is 6.92 Å². The molecule has 2 atom stereocenters. The number of anilines is 1. The molecule has 4 aromatic rings. The van der Waals surface area contributed by atoms with Crippen molar-refractivity contribution < 1.29 is 24.2 Å². The van der Waals surface area contributed by atoms with Gasteiger partial charge in [0.2, 0.25) is 0 Å². The minimum Gasteiger partial charge on any atom is -0.497 e. The average molecular weight is 542 g/mol. The van der Waals surface area contributed by atoms with Gasteiger partial charge in [-0.1, -0.05) is 18.2 Å². The number of carbonyl (C=O) groups is 2. The van der Waals surface area contributed by atoms with Gasteiger partial charge >= 0.3 is 5.97 Å². The highest BCUT2D eigenvalue weighted by Crippen LogP contribution is 2.52. The van der Waals surface area contributed by atoms with E-state index in [1.54, 1.807) is 54.5 Å². The maximum atomic E-state index is 13.9. The van der Waals surface area contributed by atoms with Crippen LogP contribution in [0.1, 0.15) is 56.7 Å². The number of methoxy groups -OCH3 is 2. The summed E-state index contributed by atoms with van der Waals surface area (Å²) in [6.45, 7) is 1.88. The van der Waals surface area contributed by atoms with E-state index in [0.717, 1.165) is 16.8 Å². The van der Waals surface area contributed by atoms with E-state index in [-0.39, 0.29) is 17.3 Å². The molecule has 0 bridgehead atoms. The van der Waals surface area contributed by atoms with Gasteiger partial charge in [0, 0.05) is 45.5 Å². The van der Waals surface area contributed by atoms with Gasteiger partial charge in [-0.3, -0.25) is 4.79 Å². The van der Waals surface area contributed by atoms with Crippen LogP contribution in [0.4, 0.5) is 5.82 Å². The molecule has 2 aromatic heterocycles. The van der Waals surface area contributed by atoms with Crippen molar-refractivity contribution in [1.29, 1.82) is 0 Å². The van der Waals surface area contributed by atoms with Gasteiger partial charge in [-0.25, -0.2) is 9.48 Å². The first-order valence-corrected chi connectivity index (χ1v) is 13.5. The Labute approximate surface area is 229 Å². The zero-order valence-electron chi connectivity index (χ0n) is 21.7. The van der Waals surface area contributed by atoms with Crippen molar-refractivity contribution in [3.8, 4) is 17.2 Å². The molecule has 0 radical (unpaired) electrons. The Morgan fingerprint density at radius 1 is 1.10 bits per heavy atom. The van der Waals surface area contributed by atoms with Crippen LogP contribution >= 0.6 is 11.3 Å². The minimum atomic E-state index is -1.04. The number of aromatic carboxylic acids is 1. The summed E-state index contributed by atoms with van der Waals surface area (Å²) in [5, 5.41) is 20.3. The minimum absolute atomic E-state index is 0.0573. The summed E-state index contributed by atoms with van der Waals surface area (Å²) in [4.78, 5) is 27.2. The number of rotatable bonds is 6. The number of para-hydroxylation sites is 1. The van der Waals surface area contributed by atoms with E-state index >= 15 is 0 Å². The number of thiophene rings is 1. The fraction of sp³-hybridized carbons (Fsp3) is 0.233. The van der Waals surface area contributed by atoms with Crippen molar-refractivity contribution in [3.63, 3.8) is 0 Å². The zero-order chi connectivity index (χ0) is 27.3. The molecule has 0 amide bonds. The smallest absolute Gasteiger partial charge is 0.337 e. The second-order valence-corrected chi connectivity index (χ2v) is 10.7. The molecule has 2 N–H and O–H groups in total. The predicted octanol–water partition coefficient (Wildman–Crippen LogP) is 5.92. The van der Waals surface area contributed by atoms with Gasteiger partial charge in [-0.15, -0.1) is 11.3 Å². The first-order chi connectivity index (χ1) is 18.9. The van der Waals surface area contributed by atoms with E-state index in [9.17, 15) is 14.7 Å². The topological polar surface area (TPSA) is 103 Å². The van der Waals surface area contributed by atoms with E-state index in [1.165, 1.54) is 4.88 Å². The molecule has 198 valence electrons. The van der Waals surface area contributed by atoms with Crippen molar-refractivity contribution in [1.82, 2.24) is 9.78 Å². The van der Waals surface area contributed by atoms with Gasteiger partial charge in [0.05, 0.1) is 31.2 Å². The Morgan fingerprint density at radius 3 is 2.64 bits per heavy atom. The number of hydrogen-bond acceptors (Lipinski definition) is 7. The van der Waals surface area contributed by atoms with E-state index in [1.807, 2.05) is 36.6 Å². The largest absolute Gasteiger partial charge is 0.497 e. The number of carboxylic acids is 1. The Morgan fingerprint density at radius 2 is 1.92 bits per heavy atom. The molecular weight excluding hydrogens is 514 g/mol. The van der Waals surface area contributed by atoms with Gasteiger partial charge in [0.15, 0.2) is 5.78 Å². The van der Waals surface area contributed by atoms with Crippen LogP contribution in [-0.2, 0) is 4.79 Å². The lowest BCUT2D eigenvalue weighted by Crippen LogP contribution is -2.30. The first-order valence-electron chi connectivity index (χ1n) is 12.6. The van der Waals surface area contributed by atoms with Gasteiger partial charge in [-0.05, 0) is 55.1 Å². The monoisotopic (exact) mass is 541 g/mol. The number of Topliss-reactive ketones (excluding diaryl/α,β-unsaturated/α-hetero) is 1. The lowest BCUT2D eigenvalue weighted by atomic mass is 9.73. The molecule has 6 rings (SSSR count). The van der Waals surface area contributed by atoms with Crippen LogP contribution in [0.3, 0.4) is 0 Å². The summed E-state index contributed by atoms with van der Waals surface area (Å²) in [6, 6.07) is 16.4. The molecule has 0 spiro atoms. The molecule has 2 aliphatic rings. The summed E-state index contributed by atoms with van der Waals surface area (Å²) in [6.07, 6.45) is 1.06. The van der Waals surface area contributed by atoms with E-state index in [2.05, 4.69) is 11.4 Å². The number of allylic oxidation sites excluding steroid dienone is 2. The van der Waals surface area contributed by atoms with Crippen LogP contribution in [0.25, 0.3) is 5.69 Å². The van der Waals surface area contributed by atoms with E-state index in [0.29, 0.717) is 47.1 Å². The van der Waals surface area contributed by atoms with Crippen molar-refractivity contribution in [3.05, 3.63) is 98.5 Å². The molecule has 9 heteroatoms. The predicted molar refractivity (Wildman–Crippen MR) is 149 cm³/mol. The Balaban J connectivity index is 1.61. The molecule has 0 unspecified atom stereocenters. The van der Waals surface area contributed by atoms with Gasteiger partial charge in [0.1, 0.15) is 17.3 Å². The van der Waals surface area contributed by atoms with Gasteiger partial charge < -0.3 is 19.9 Å². The highest BCUT2D eigenvalue weighted by molar-refractivity contribution is 7.10. The fourth-order valence-electron chi connectivity index (χ4n) is 5.79. The summed E-state index contributed by atoms with van der Waals surface area (Å²) in [5.41, 5.74) is 4.38. The quantitative estimate of drug-likeness (QED) is 0.313. The molecule has 1 aliphatic heterocycles. The average Bonchev–Trinajstić information content (AvgIpc) is 3.60. The maximum Gasteiger partial charge on any atom is 0.337 e. The summed E-state index contributed by atoms with van der Waals surface area (Å²) in [7, 11) is 3.21. The number of ether oxygens (including phenoxy) is 2. The highest BCUT2D eigenvalue weighted by Gasteiger charge is 2.42. The van der Waals surface area contributed by atoms with Crippen LogP contribution in [0.15, 0.2) is 71.2 Å². The molecule has 1 aliphatic carbocycles. The molecule has 2 aromatic carbocycles. The standard InChI is InChI=1S/C30H27N3O5S/c1-16-26-27(20-15-18(37-2)10-11-24(20)38-3)28-21(13-17(14-23(28)34)25-9-6-12-39-25)31-29(26)33(32-16)22-8-5-4-7-19(22)30(35)36/h4-12,15,17,27,31H,13-14H2,1-3H3,(H,35,36)/t17-,27+/m1/s1. The van der Waals surface area contributed by atoms with E-state index < -0.39 is 11.9 Å². The van der Waals surface area contributed by atoms with Crippen LogP contribution in [0.5, 0.6) is 11.5 Å². The number of fused-ring (bicyclic) bond motifs is 1. The van der Waals surface area contributed by atoms with Crippen LogP contribution in [0.2, 0.25) is 0 Å². The van der Waals surface area contributed by atoms with Crippen molar-refractivity contribution in [2.24, 2.45) is 0 Å². The normalized spacial score (nSPS) is 18.3. The van der Waals surface area contributed by atoms with Crippen molar-refractivity contribution in [2.45, 2.75) is 31.6 Å². The second-order valence-electron chi connectivity index (χ2n) is 9.68. The van der Waals surface area contributed by atoms with E-state index in [4.69, 9.17) is 14.6 Å². The van der Waals surface area contributed by atoms with Gasteiger partial charge in [0.25, 0.3) is 0 Å². The summed E-state index contributed by atoms with van der Waals surface area (Å²) >= 11 is 1.65. The SMILES string of the molecule is COc1ccc(OC)c([C@@H]2C3=C(C[C@@H](c4cccs4)CC3=O)Nc3c2c(C)nn3-c2ccccc2C(=O)O)c1. The maximum absolute atomic E-state index is 13.9. The molecule has 3 heterocycles. The number of aryl methyl sites for hydroxylation is 1. The molecular formula is C30H27N3O5S. The zero-order valence-corrected chi connectivity index (χ0v) is 22.5. The third-order valence-electron chi connectivity index (χ3n) is 7.52. The van der Waals surface area contributed by atoms with Crippen LogP contribution in [-0.4, -0.2) is 40.9 Å². The Hall–Kier alpha value is -4.37. The number of nitrogens with zero attached hydrogens (tertiary/aromatic N) is 2. The molecule has 0 fully saturated rings. The van der Waals surface area contributed by atoms with Crippen molar-refractivity contribution >= 4 is 28.9 Å². The number of nitrogens with one attached hydrogen (secondary N) is 1. The summed E-state index contributed by atoms with van der Waals surface area (Å²) in [5.74, 6) is 0.543. The van der Waals surface area contributed by atoms with Gasteiger partial charge in [-0.2, -0.15) is 5.10 Å². The summed E-state index contributed by atoms with van der Waals surface area (Å²) < 4.78 is 13.0. The third-order valence-corrected chi connectivity index (χ3v) is 8.55. The number of hydrogen-bond donors (Lipinski definition) is 2. The number of aromatic nitrogens is 2. The molecule has 0 saturated carbocycles. The first kappa shape index (κ1) is 24.9. The highest BCUT2D eigenvalue weighted by atomic mass is 32.1.